The van der Waals surface area contributed by atoms with E-state index in [0.29, 0.717) is 25.0 Å². The lowest BCUT2D eigenvalue weighted by atomic mass is 9.86. The first kappa shape index (κ1) is 14.3. The van der Waals surface area contributed by atoms with E-state index in [1.807, 2.05) is 11.8 Å². The summed E-state index contributed by atoms with van der Waals surface area (Å²) in [4.78, 5) is 25.6. The Balaban J connectivity index is 1.86. The first-order valence-electron chi connectivity index (χ1n) is 7.39. The molecule has 0 radical (unpaired) electrons. The summed E-state index contributed by atoms with van der Waals surface area (Å²) in [7, 11) is 0. The zero-order valence-electron chi connectivity index (χ0n) is 11.9. The molecular weight excluding hydrogens is 242 g/mol. The van der Waals surface area contributed by atoms with Crippen molar-refractivity contribution in [1.82, 2.24) is 15.5 Å². The van der Waals surface area contributed by atoms with Gasteiger partial charge in [-0.15, -0.1) is 0 Å². The Hall–Kier alpha value is -1.10. The van der Waals surface area contributed by atoms with Crippen LogP contribution in [0.3, 0.4) is 0 Å². The lowest BCUT2D eigenvalue weighted by Crippen LogP contribution is -2.56. The highest BCUT2D eigenvalue weighted by atomic mass is 16.2. The van der Waals surface area contributed by atoms with E-state index in [2.05, 4.69) is 17.6 Å². The lowest BCUT2D eigenvalue weighted by molar-refractivity contribution is -0.131. The molecular formula is C14H25N3O2. The summed E-state index contributed by atoms with van der Waals surface area (Å²) >= 11 is 0. The minimum atomic E-state index is -0.222. The molecule has 0 bridgehead atoms. The quantitative estimate of drug-likeness (QED) is 0.783. The summed E-state index contributed by atoms with van der Waals surface area (Å²) in [6, 6.07) is 0.0856. The molecule has 1 saturated heterocycles. The third kappa shape index (κ3) is 3.69. The topological polar surface area (TPSA) is 61.4 Å². The van der Waals surface area contributed by atoms with Gasteiger partial charge < -0.3 is 10.6 Å². The minimum absolute atomic E-state index is 0.0111. The minimum Gasteiger partial charge on any atom is -0.354 e. The Morgan fingerprint density at radius 1 is 1.42 bits per heavy atom. The number of carbonyl (C=O) groups excluding carboxylic acids is 2. The van der Waals surface area contributed by atoms with Crippen LogP contribution in [0.2, 0.25) is 0 Å². The zero-order valence-corrected chi connectivity index (χ0v) is 11.9. The monoisotopic (exact) mass is 267 g/mol. The molecule has 2 rings (SSSR count). The molecule has 1 aliphatic heterocycles. The maximum atomic E-state index is 12.3. The van der Waals surface area contributed by atoms with E-state index in [0.717, 1.165) is 13.0 Å². The Morgan fingerprint density at radius 2 is 2.16 bits per heavy atom. The third-order valence-corrected chi connectivity index (χ3v) is 4.43. The Labute approximate surface area is 115 Å². The van der Waals surface area contributed by atoms with Gasteiger partial charge in [0.15, 0.2) is 0 Å². The molecule has 3 unspecified atom stereocenters. The van der Waals surface area contributed by atoms with Gasteiger partial charge in [0.1, 0.15) is 0 Å². The summed E-state index contributed by atoms with van der Waals surface area (Å²) in [5.41, 5.74) is 0. The van der Waals surface area contributed by atoms with Crippen molar-refractivity contribution in [1.29, 1.82) is 0 Å². The highest BCUT2D eigenvalue weighted by Gasteiger charge is 2.29. The SMILES string of the molecule is CC1CCCCC1NC(=O)C(C)N1CCNC(=O)C1. The summed E-state index contributed by atoms with van der Waals surface area (Å²) in [6.07, 6.45) is 4.76. The van der Waals surface area contributed by atoms with E-state index >= 15 is 0 Å². The van der Waals surface area contributed by atoms with Gasteiger partial charge in [-0.1, -0.05) is 19.8 Å². The van der Waals surface area contributed by atoms with Gasteiger partial charge in [-0.05, 0) is 25.7 Å². The van der Waals surface area contributed by atoms with E-state index in [1.54, 1.807) is 0 Å². The molecule has 0 aromatic heterocycles. The predicted molar refractivity (Wildman–Crippen MR) is 73.6 cm³/mol. The number of piperazine rings is 1. The standard InChI is InChI=1S/C14H25N3O2/c1-10-5-3-4-6-12(10)16-14(19)11(2)17-8-7-15-13(18)9-17/h10-12H,3-9H2,1-2H3,(H,15,18)(H,16,19). The van der Waals surface area contributed by atoms with Crippen molar-refractivity contribution in [2.24, 2.45) is 5.92 Å². The maximum absolute atomic E-state index is 12.3. The third-order valence-electron chi connectivity index (χ3n) is 4.43. The second-order valence-electron chi connectivity index (χ2n) is 5.87. The Morgan fingerprint density at radius 3 is 2.84 bits per heavy atom. The van der Waals surface area contributed by atoms with Crippen LogP contribution in [-0.2, 0) is 9.59 Å². The van der Waals surface area contributed by atoms with Gasteiger partial charge >= 0.3 is 0 Å². The molecule has 2 amide bonds. The van der Waals surface area contributed by atoms with Gasteiger partial charge in [-0.3, -0.25) is 14.5 Å². The van der Waals surface area contributed by atoms with Gasteiger partial charge in [0.05, 0.1) is 12.6 Å². The van der Waals surface area contributed by atoms with E-state index in [4.69, 9.17) is 0 Å². The molecule has 0 aromatic rings. The number of rotatable bonds is 3. The van der Waals surface area contributed by atoms with Crippen LogP contribution < -0.4 is 10.6 Å². The second kappa shape index (κ2) is 6.37. The van der Waals surface area contributed by atoms with Crippen molar-refractivity contribution in [2.45, 2.75) is 51.6 Å². The van der Waals surface area contributed by atoms with Crippen LogP contribution in [-0.4, -0.2) is 48.4 Å². The fraction of sp³-hybridized carbons (Fsp3) is 0.857. The summed E-state index contributed by atoms with van der Waals surface area (Å²) in [6.45, 7) is 5.82. The van der Waals surface area contributed by atoms with Crippen LogP contribution in [0.5, 0.6) is 0 Å². The number of nitrogens with one attached hydrogen (secondary N) is 2. The highest BCUT2D eigenvalue weighted by molar-refractivity contribution is 5.84. The smallest absolute Gasteiger partial charge is 0.237 e. The molecule has 1 aliphatic carbocycles. The molecule has 5 nitrogen and oxygen atoms in total. The molecule has 19 heavy (non-hydrogen) atoms. The molecule has 3 atom stereocenters. The van der Waals surface area contributed by atoms with Crippen LogP contribution in [0.1, 0.15) is 39.5 Å². The van der Waals surface area contributed by atoms with Gasteiger partial charge in [0, 0.05) is 19.1 Å². The fourth-order valence-corrected chi connectivity index (χ4v) is 2.99. The summed E-state index contributed by atoms with van der Waals surface area (Å²) < 4.78 is 0. The van der Waals surface area contributed by atoms with Crippen molar-refractivity contribution >= 4 is 11.8 Å². The number of carbonyl (C=O) groups is 2. The Kier molecular flexibility index (Phi) is 4.80. The maximum Gasteiger partial charge on any atom is 0.237 e. The average molecular weight is 267 g/mol. The van der Waals surface area contributed by atoms with Crippen LogP contribution in [0.15, 0.2) is 0 Å². The average Bonchev–Trinajstić information content (AvgIpc) is 2.40. The molecule has 108 valence electrons. The van der Waals surface area contributed by atoms with Crippen molar-refractivity contribution < 1.29 is 9.59 Å². The molecule has 2 fully saturated rings. The van der Waals surface area contributed by atoms with Crippen LogP contribution >= 0.6 is 0 Å². The number of amides is 2. The molecule has 0 aromatic carbocycles. The molecule has 5 heteroatoms. The first-order valence-corrected chi connectivity index (χ1v) is 7.39. The van der Waals surface area contributed by atoms with Crippen molar-refractivity contribution in [2.75, 3.05) is 19.6 Å². The van der Waals surface area contributed by atoms with Crippen molar-refractivity contribution in [3.8, 4) is 0 Å². The predicted octanol–water partition coefficient (Wildman–Crippen LogP) is 0.502. The van der Waals surface area contributed by atoms with E-state index in [9.17, 15) is 9.59 Å². The van der Waals surface area contributed by atoms with Gasteiger partial charge in [-0.25, -0.2) is 0 Å². The summed E-state index contributed by atoms with van der Waals surface area (Å²) in [5.74, 6) is 0.639. The Bertz CT molecular complexity index is 346. The highest BCUT2D eigenvalue weighted by Crippen LogP contribution is 2.23. The largest absolute Gasteiger partial charge is 0.354 e. The van der Waals surface area contributed by atoms with Gasteiger partial charge in [0.25, 0.3) is 0 Å². The van der Waals surface area contributed by atoms with Crippen LogP contribution in [0.25, 0.3) is 0 Å². The molecule has 2 aliphatic rings. The molecule has 1 saturated carbocycles. The normalized spacial score (nSPS) is 30.5. The van der Waals surface area contributed by atoms with Gasteiger partial charge in [0.2, 0.25) is 11.8 Å². The number of nitrogens with zero attached hydrogens (tertiary/aromatic N) is 1. The van der Waals surface area contributed by atoms with E-state index in [-0.39, 0.29) is 17.9 Å². The second-order valence-corrected chi connectivity index (χ2v) is 5.87. The molecule has 2 N–H and O–H groups in total. The summed E-state index contributed by atoms with van der Waals surface area (Å²) in [5, 5.41) is 5.95. The zero-order chi connectivity index (χ0) is 13.8. The van der Waals surface area contributed by atoms with Crippen LogP contribution in [0.4, 0.5) is 0 Å². The number of hydrogen-bond acceptors (Lipinski definition) is 3. The van der Waals surface area contributed by atoms with E-state index in [1.165, 1.54) is 19.3 Å². The molecule has 1 heterocycles. The molecule has 0 spiro atoms. The van der Waals surface area contributed by atoms with Crippen molar-refractivity contribution in [3.05, 3.63) is 0 Å². The first-order chi connectivity index (χ1) is 9.08. The fourth-order valence-electron chi connectivity index (χ4n) is 2.99. The number of hydrogen-bond donors (Lipinski definition) is 2. The lowest BCUT2D eigenvalue weighted by Gasteiger charge is -2.34. The van der Waals surface area contributed by atoms with Gasteiger partial charge in [-0.2, -0.15) is 0 Å². The van der Waals surface area contributed by atoms with Crippen molar-refractivity contribution in [3.63, 3.8) is 0 Å². The van der Waals surface area contributed by atoms with E-state index < -0.39 is 0 Å². The van der Waals surface area contributed by atoms with Crippen LogP contribution in [0, 0.1) is 5.92 Å².